The molecule has 4 aromatic rings. The fourth-order valence-corrected chi connectivity index (χ4v) is 4.46. The minimum Gasteiger partial charge on any atom is -0.357 e. The van der Waals surface area contributed by atoms with Gasteiger partial charge in [0.25, 0.3) is 5.56 Å². The van der Waals surface area contributed by atoms with Crippen molar-refractivity contribution in [3.05, 3.63) is 81.9 Å². The van der Waals surface area contributed by atoms with Gasteiger partial charge in [-0.2, -0.15) is 0 Å². The van der Waals surface area contributed by atoms with Crippen LogP contribution in [-0.4, -0.2) is 37.9 Å². The number of nitrogens with one attached hydrogen (secondary N) is 2. The average Bonchev–Trinajstić information content (AvgIpc) is 3.09. The highest BCUT2D eigenvalue weighted by molar-refractivity contribution is 5.84. The van der Waals surface area contributed by atoms with E-state index in [-0.39, 0.29) is 17.3 Å². The first-order valence-electron chi connectivity index (χ1n) is 10.6. The van der Waals surface area contributed by atoms with Gasteiger partial charge in [-0.05, 0) is 68.8 Å². The molecule has 4 heterocycles. The van der Waals surface area contributed by atoms with Crippen LogP contribution >= 0.6 is 0 Å². The van der Waals surface area contributed by atoms with Crippen LogP contribution in [0.25, 0.3) is 22.3 Å². The van der Waals surface area contributed by atoms with Crippen LogP contribution in [0.3, 0.4) is 0 Å². The number of halogens is 1. The normalized spacial score (nSPS) is 15.5. The number of pyridine rings is 1. The first-order chi connectivity index (χ1) is 15.1. The van der Waals surface area contributed by atoms with E-state index in [0.717, 1.165) is 65.9 Å². The standard InChI is InChI=1S/C24H24FN5O/c1-15-19-12-18(25)2-3-20(19)27-22(15)14-30-10-6-16(7-11-30)21-13-23(31)29-24(28-21)17-4-8-26-9-5-17/h2-5,8-9,12-13,16,27H,6-7,10-11,14H2,1H3,(H,28,29,31). The van der Waals surface area contributed by atoms with E-state index < -0.39 is 0 Å². The Balaban J connectivity index is 1.29. The zero-order chi connectivity index (χ0) is 21.4. The monoisotopic (exact) mass is 417 g/mol. The number of aryl methyl sites for hydroxylation is 1. The van der Waals surface area contributed by atoms with Crippen molar-refractivity contribution in [2.75, 3.05) is 13.1 Å². The lowest BCUT2D eigenvalue weighted by Crippen LogP contribution is -2.33. The van der Waals surface area contributed by atoms with E-state index >= 15 is 0 Å². The second kappa shape index (κ2) is 8.07. The van der Waals surface area contributed by atoms with Gasteiger partial charge in [-0.25, -0.2) is 9.37 Å². The quantitative estimate of drug-likeness (QED) is 0.523. The molecule has 1 saturated heterocycles. The van der Waals surface area contributed by atoms with Crippen molar-refractivity contribution in [2.24, 2.45) is 0 Å². The maximum Gasteiger partial charge on any atom is 0.251 e. The molecule has 1 aromatic carbocycles. The Hall–Kier alpha value is -3.32. The summed E-state index contributed by atoms with van der Waals surface area (Å²) in [6.07, 6.45) is 5.28. The van der Waals surface area contributed by atoms with Gasteiger partial charge in [0.15, 0.2) is 0 Å². The van der Waals surface area contributed by atoms with E-state index in [0.29, 0.717) is 5.82 Å². The lowest BCUT2D eigenvalue weighted by Gasteiger charge is -2.31. The van der Waals surface area contributed by atoms with E-state index in [4.69, 9.17) is 4.98 Å². The number of piperidine rings is 1. The van der Waals surface area contributed by atoms with Gasteiger partial charge in [-0.1, -0.05) is 0 Å². The van der Waals surface area contributed by atoms with E-state index in [9.17, 15) is 9.18 Å². The van der Waals surface area contributed by atoms with Crippen molar-refractivity contribution >= 4 is 10.9 Å². The van der Waals surface area contributed by atoms with Crippen LogP contribution in [0.4, 0.5) is 4.39 Å². The molecule has 1 aliphatic heterocycles. The molecule has 3 aromatic heterocycles. The lowest BCUT2D eigenvalue weighted by atomic mass is 9.93. The van der Waals surface area contributed by atoms with Crippen molar-refractivity contribution in [3.63, 3.8) is 0 Å². The van der Waals surface area contributed by atoms with Crippen LogP contribution in [0.1, 0.15) is 35.7 Å². The first-order valence-corrected chi connectivity index (χ1v) is 10.6. The summed E-state index contributed by atoms with van der Waals surface area (Å²) in [6, 6.07) is 10.2. The van der Waals surface area contributed by atoms with Gasteiger partial charge in [-0.3, -0.25) is 14.7 Å². The summed E-state index contributed by atoms with van der Waals surface area (Å²) in [7, 11) is 0. The van der Waals surface area contributed by atoms with E-state index in [1.807, 2.05) is 19.1 Å². The van der Waals surface area contributed by atoms with Crippen LogP contribution in [0.2, 0.25) is 0 Å². The van der Waals surface area contributed by atoms with Gasteiger partial charge in [0.05, 0.1) is 5.69 Å². The van der Waals surface area contributed by atoms with Crippen molar-refractivity contribution in [3.8, 4) is 11.4 Å². The number of fused-ring (bicyclic) bond motifs is 1. The Labute approximate surface area is 179 Å². The predicted molar refractivity (Wildman–Crippen MR) is 118 cm³/mol. The molecular formula is C24H24FN5O. The Morgan fingerprint density at radius 1 is 1.10 bits per heavy atom. The van der Waals surface area contributed by atoms with Gasteiger partial charge < -0.3 is 9.97 Å². The van der Waals surface area contributed by atoms with Crippen LogP contribution in [0.15, 0.2) is 53.6 Å². The zero-order valence-electron chi connectivity index (χ0n) is 17.4. The summed E-state index contributed by atoms with van der Waals surface area (Å²) in [5.41, 5.74) is 4.80. The number of benzene rings is 1. The smallest absolute Gasteiger partial charge is 0.251 e. The highest BCUT2D eigenvalue weighted by atomic mass is 19.1. The van der Waals surface area contributed by atoms with Gasteiger partial charge in [0.1, 0.15) is 11.6 Å². The summed E-state index contributed by atoms with van der Waals surface area (Å²) >= 11 is 0. The number of nitrogens with zero attached hydrogens (tertiary/aromatic N) is 3. The molecular weight excluding hydrogens is 393 g/mol. The molecule has 2 N–H and O–H groups in total. The fraction of sp³-hybridized carbons (Fsp3) is 0.292. The molecule has 0 spiro atoms. The Bertz CT molecular complexity index is 1270. The van der Waals surface area contributed by atoms with Crippen LogP contribution in [0.5, 0.6) is 0 Å². The maximum absolute atomic E-state index is 13.6. The molecule has 6 nitrogen and oxygen atoms in total. The number of aromatic nitrogens is 4. The number of rotatable bonds is 4. The molecule has 31 heavy (non-hydrogen) atoms. The molecule has 0 bridgehead atoms. The van der Waals surface area contributed by atoms with E-state index in [2.05, 4.69) is 19.9 Å². The number of aromatic amines is 2. The lowest BCUT2D eigenvalue weighted by molar-refractivity contribution is 0.201. The SMILES string of the molecule is Cc1c(CN2CCC(c3cc(=O)[nH]c(-c4ccncc4)n3)CC2)[nH]c2ccc(F)cc12. The van der Waals surface area contributed by atoms with E-state index in [1.165, 1.54) is 6.07 Å². The fourth-order valence-electron chi connectivity index (χ4n) is 4.46. The van der Waals surface area contributed by atoms with Gasteiger partial charge in [0, 0.05) is 53.1 Å². The third-order valence-corrected chi connectivity index (χ3v) is 6.23. The van der Waals surface area contributed by atoms with Crippen molar-refractivity contribution in [1.29, 1.82) is 0 Å². The third-order valence-electron chi connectivity index (χ3n) is 6.23. The zero-order valence-corrected chi connectivity index (χ0v) is 17.4. The third kappa shape index (κ3) is 4.01. The molecule has 1 aliphatic rings. The van der Waals surface area contributed by atoms with Crippen LogP contribution in [0, 0.1) is 12.7 Å². The summed E-state index contributed by atoms with van der Waals surface area (Å²) in [4.78, 5) is 29.7. The molecule has 0 unspecified atom stereocenters. The van der Waals surface area contributed by atoms with E-state index in [1.54, 1.807) is 30.6 Å². The highest BCUT2D eigenvalue weighted by Gasteiger charge is 2.23. The van der Waals surface area contributed by atoms with Gasteiger partial charge >= 0.3 is 0 Å². The highest BCUT2D eigenvalue weighted by Crippen LogP contribution is 2.29. The molecule has 1 fully saturated rings. The molecule has 0 saturated carbocycles. The molecule has 5 rings (SSSR count). The second-order valence-corrected chi connectivity index (χ2v) is 8.22. The second-order valence-electron chi connectivity index (χ2n) is 8.22. The largest absolute Gasteiger partial charge is 0.357 e. The minimum atomic E-state index is -0.210. The van der Waals surface area contributed by atoms with Crippen LogP contribution in [-0.2, 0) is 6.54 Å². The number of H-pyrrole nitrogens is 2. The van der Waals surface area contributed by atoms with Gasteiger partial charge in [-0.15, -0.1) is 0 Å². The average molecular weight is 417 g/mol. The summed E-state index contributed by atoms with van der Waals surface area (Å²) in [5.74, 6) is 0.642. The Kier molecular flexibility index (Phi) is 5.11. The van der Waals surface area contributed by atoms with Crippen molar-refractivity contribution < 1.29 is 4.39 Å². The van der Waals surface area contributed by atoms with Gasteiger partial charge in [0.2, 0.25) is 0 Å². The molecule has 0 radical (unpaired) electrons. The Morgan fingerprint density at radius 3 is 2.65 bits per heavy atom. The number of likely N-dealkylation sites (tertiary alicyclic amines) is 1. The molecule has 0 aliphatic carbocycles. The molecule has 0 amide bonds. The molecule has 7 heteroatoms. The predicted octanol–water partition coefficient (Wildman–Crippen LogP) is 4.14. The summed E-state index contributed by atoms with van der Waals surface area (Å²) in [6.45, 7) is 4.70. The molecule has 0 atom stereocenters. The maximum atomic E-state index is 13.6. The summed E-state index contributed by atoms with van der Waals surface area (Å²) < 4.78 is 13.6. The topological polar surface area (TPSA) is 77.7 Å². The minimum absolute atomic E-state index is 0.125. The van der Waals surface area contributed by atoms with Crippen molar-refractivity contribution in [2.45, 2.75) is 32.2 Å². The first kappa shape index (κ1) is 19.6. The summed E-state index contributed by atoms with van der Waals surface area (Å²) in [5, 5.41) is 0.946. The number of hydrogen-bond donors (Lipinski definition) is 2. The van der Waals surface area contributed by atoms with Crippen molar-refractivity contribution in [1.82, 2.24) is 24.8 Å². The molecule has 158 valence electrons. The van der Waals surface area contributed by atoms with Crippen LogP contribution < -0.4 is 5.56 Å². The number of hydrogen-bond acceptors (Lipinski definition) is 4. The Morgan fingerprint density at radius 2 is 1.87 bits per heavy atom.